The van der Waals surface area contributed by atoms with E-state index in [1.54, 1.807) is 0 Å². The van der Waals surface area contributed by atoms with Crippen LogP contribution in [0.4, 0.5) is 8.78 Å². The van der Waals surface area contributed by atoms with Gasteiger partial charge in [-0.3, -0.25) is 4.79 Å². The monoisotopic (exact) mass is 274 g/mol. The van der Waals surface area contributed by atoms with Crippen molar-refractivity contribution in [1.82, 2.24) is 5.32 Å². The van der Waals surface area contributed by atoms with Crippen LogP contribution in [0.3, 0.4) is 0 Å². The first-order valence-electron chi connectivity index (χ1n) is 7.40. The highest BCUT2D eigenvalue weighted by Crippen LogP contribution is 2.36. The minimum Gasteiger partial charge on any atom is -0.353 e. The van der Waals surface area contributed by atoms with E-state index in [2.05, 4.69) is 5.32 Å². The van der Waals surface area contributed by atoms with Gasteiger partial charge in [-0.15, -0.1) is 0 Å². The second-order valence-corrected chi connectivity index (χ2v) is 6.03. The molecule has 2 aliphatic carbocycles. The lowest BCUT2D eigenvalue weighted by Crippen LogP contribution is -2.47. The summed E-state index contributed by atoms with van der Waals surface area (Å²) < 4.78 is 26.1. The summed E-state index contributed by atoms with van der Waals surface area (Å²) in [7, 11) is 0. The minimum atomic E-state index is -2.57. The number of hydrogen-bond acceptors (Lipinski definition) is 2. The van der Waals surface area contributed by atoms with Crippen LogP contribution >= 0.6 is 0 Å². The van der Waals surface area contributed by atoms with Gasteiger partial charge in [0.15, 0.2) is 0 Å². The molecule has 2 aliphatic rings. The van der Waals surface area contributed by atoms with Crippen LogP contribution in [-0.4, -0.2) is 24.4 Å². The molecule has 2 unspecified atom stereocenters. The predicted octanol–water partition coefficient (Wildman–Crippen LogP) is 2.45. The predicted molar refractivity (Wildman–Crippen MR) is 69.8 cm³/mol. The normalized spacial score (nSPS) is 31.9. The molecule has 0 saturated heterocycles. The molecular formula is C14H24F2N2O. The Bertz CT molecular complexity index is 313. The molecule has 2 saturated carbocycles. The summed E-state index contributed by atoms with van der Waals surface area (Å²) in [4.78, 5) is 12.1. The Hall–Kier alpha value is -0.710. The first kappa shape index (κ1) is 14.7. The average molecular weight is 274 g/mol. The third-order valence-corrected chi connectivity index (χ3v) is 4.63. The van der Waals surface area contributed by atoms with Gasteiger partial charge < -0.3 is 11.1 Å². The number of rotatable bonds is 3. The second kappa shape index (κ2) is 6.16. The molecule has 0 aliphatic heterocycles. The maximum Gasteiger partial charge on any atom is 0.248 e. The first-order valence-corrected chi connectivity index (χ1v) is 7.40. The Morgan fingerprint density at radius 3 is 2.42 bits per heavy atom. The number of halogens is 2. The van der Waals surface area contributed by atoms with E-state index < -0.39 is 5.92 Å². The van der Waals surface area contributed by atoms with Gasteiger partial charge in [0.05, 0.1) is 0 Å². The lowest BCUT2D eigenvalue weighted by molar-refractivity contribution is -0.130. The topological polar surface area (TPSA) is 55.1 Å². The Balaban J connectivity index is 1.83. The van der Waals surface area contributed by atoms with Gasteiger partial charge in [-0.05, 0) is 38.1 Å². The lowest BCUT2D eigenvalue weighted by Gasteiger charge is -2.34. The van der Waals surface area contributed by atoms with Gasteiger partial charge in [0.2, 0.25) is 11.8 Å². The summed E-state index contributed by atoms with van der Waals surface area (Å²) in [5.74, 6) is -2.50. The van der Waals surface area contributed by atoms with Gasteiger partial charge in [-0.25, -0.2) is 8.78 Å². The highest BCUT2D eigenvalue weighted by molar-refractivity contribution is 5.79. The van der Waals surface area contributed by atoms with Gasteiger partial charge in [0.1, 0.15) is 0 Å². The van der Waals surface area contributed by atoms with Crippen LogP contribution in [-0.2, 0) is 4.79 Å². The van der Waals surface area contributed by atoms with Crippen LogP contribution in [0.1, 0.15) is 51.4 Å². The van der Waals surface area contributed by atoms with E-state index in [-0.39, 0.29) is 30.7 Å². The van der Waals surface area contributed by atoms with Gasteiger partial charge in [0, 0.05) is 24.8 Å². The Morgan fingerprint density at radius 1 is 1.16 bits per heavy atom. The van der Waals surface area contributed by atoms with Crippen LogP contribution in [0.15, 0.2) is 0 Å². The molecule has 19 heavy (non-hydrogen) atoms. The molecule has 0 bridgehead atoms. The van der Waals surface area contributed by atoms with Crippen molar-refractivity contribution >= 4 is 5.91 Å². The third kappa shape index (κ3) is 3.88. The number of amides is 1. The zero-order valence-corrected chi connectivity index (χ0v) is 11.3. The SMILES string of the molecule is NCC1CCCCC1NC(=O)C1CCC(F)(F)CC1. The van der Waals surface area contributed by atoms with Gasteiger partial charge in [-0.2, -0.15) is 0 Å². The van der Waals surface area contributed by atoms with E-state index in [1.165, 1.54) is 6.42 Å². The standard InChI is InChI=1S/C14H24F2N2O/c15-14(16)7-5-10(6-8-14)13(19)18-12-4-2-1-3-11(12)9-17/h10-12H,1-9,17H2,(H,18,19). The van der Waals surface area contributed by atoms with Crippen molar-refractivity contribution in [1.29, 1.82) is 0 Å². The highest BCUT2D eigenvalue weighted by atomic mass is 19.3. The number of carbonyl (C=O) groups excluding carboxylic acids is 1. The molecule has 0 aromatic carbocycles. The van der Waals surface area contributed by atoms with E-state index in [9.17, 15) is 13.6 Å². The van der Waals surface area contributed by atoms with Crippen molar-refractivity contribution in [3.63, 3.8) is 0 Å². The molecule has 0 aromatic heterocycles. The number of carbonyl (C=O) groups is 1. The van der Waals surface area contributed by atoms with E-state index in [0.717, 1.165) is 19.3 Å². The minimum absolute atomic E-state index is 0.0409. The summed E-state index contributed by atoms with van der Waals surface area (Å²) in [6.07, 6.45) is 4.61. The smallest absolute Gasteiger partial charge is 0.248 e. The molecule has 5 heteroatoms. The molecule has 2 atom stereocenters. The number of nitrogens with one attached hydrogen (secondary N) is 1. The van der Waals surface area contributed by atoms with Crippen LogP contribution in [0.2, 0.25) is 0 Å². The number of nitrogens with two attached hydrogens (primary N) is 1. The average Bonchev–Trinajstić information content (AvgIpc) is 2.39. The molecule has 3 N–H and O–H groups in total. The Morgan fingerprint density at radius 2 is 1.79 bits per heavy atom. The molecule has 0 spiro atoms. The van der Waals surface area contributed by atoms with Crippen LogP contribution in [0.25, 0.3) is 0 Å². The van der Waals surface area contributed by atoms with Crippen molar-refractivity contribution in [2.24, 2.45) is 17.6 Å². The van der Waals surface area contributed by atoms with E-state index in [4.69, 9.17) is 5.73 Å². The van der Waals surface area contributed by atoms with Crippen molar-refractivity contribution in [3.8, 4) is 0 Å². The van der Waals surface area contributed by atoms with E-state index in [1.807, 2.05) is 0 Å². The van der Waals surface area contributed by atoms with Gasteiger partial charge in [-0.1, -0.05) is 12.8 Å². The Labute approximate surface area is 113 Å². The first-order chi connectivity index (χ1) is 9.02. The number of hydrogen-bond donors (Lipinski definition) is 2. The van der Waals surface area contributed by atoms with E-state index >= 15 is 0 Å². The zero-order valence-electron chi connectivity index (χ0n) is 11.3. The van der Waals surface area contributed by atoms with Gasteiger partial charge >= 0.3 is 0 Å². The molecule has 2 rings (SSSR count). The third-order valence-electron chi connectivity index (χ3n) is 4.63. The van der Waals surface area contributed by atoms with Crippen LogP contribution in [0.5, 0.6) is 0 Å². The van der Waals surface area contributed by atoms with Crippen molar-refractivity contribution < 1.29 is 13.6 Å². The largest absolute Gasteiger partial charge is 0.353 e. The summed E-state index contributed by atoms with van der Waals surface area (Å²) in [5, 5.41) is 3.05. The summed E-state index contributed by atoms with van der Waals surface area (Å²) in [6.45, 7) is 0.591. The van der Waals surface area contributed by atoms with Crippen LogP contribution in [0, 0.1) is 11.8 Å². The van der Waals surface area contributed by atoms with Crippen molar-refractivity contribution in [3.05, 3.63) is 0 Å². The van der Waals surface area contributed by atoms with Crippen LogP contribution < -0.4 is 11.1 Å². The summed E-state index contributed by atoms with van der Waals surface area (Å²) >= 11 is 0. The molecule has 0 radical (unpaired) electrons. The van der Waals surface area contributed by atoms with Crippen molar-refractivity contribution in [2.75, 3.05) is 6.54 Å². The summed E-state index contributed by atoms with van der Waals surface area (Å²) in [5.41, 5.74) is 5.73. The highest BCUT2D eigenvalue weighted by Gasteiger charge is 2.38. The quantitative estimate of drug-likeness (QED) is 0.830. The molecule has 1 amide bonds. The maximum absolute atomic E-state index is 13.1. The lowest BCUT2D eigenvalue weighted by atomic mass is 9.82. The molecular weight excluding hydrogens is 250 g/mol. The fourth-order valence-corrected chi connectivity index (χ4v) is 3.28. The molecule has 0 aromatic rings. The maximum atomic E-state index is 13.1. The fraction of sp³-hybridized carbons (Fsp3) is 0.929. The Kier molecular flexibility index (Phi) is 4.76. The molecule has 3 nitrogen and oxygen atoms in total. The molecule has 110 valence electrons. The van der Waals surface area contributed by atoms with Gasteiger partial charge in [0.25, 0.3) is 0 Å². The van der Waals surface area contributed by atoms with Crippen molar-refractivity contribution in [2.45, 2.75) is 63.3 Å². The molecule has 0 heterocycles. The number of alkyl halides is 2. The fourth-order valence-electron chi connectivity index (χ4n) is 3.28. The summed E-state index contributed by atoms with van der Waals surface area (Å²) in [6, 6.07) is 0.147. The second-order valence-electron chi connectivity index (χ2n) is 6.03. The van der Waals surface area contributed by atoms with E-state index in [0.29, 0.717) is 25.3 Å². The molecule has 2 fully saturated rings. The zero-order chi connectivity index (χ0) is 13.9.